The van der Waals surface area contributed by atoms with Gasteiger partial charge < -0.3 is 14.0 Å². The van der Waals surface area contributed by atoms with Gasteiger partial charge >= 0.3 is 13.1 Å². The van der Waals surface area contributed by atoms with E-state index in [4.69, 9.17) is 9.31 Å². The highest BCUT2D eigenvalue weighted by atomic mass is 16.6. The van der Waals surface area contributed by atoms with Crippen molar-refractivity contribution in [2.24, 2.45) is 5.41 Å². The van der Waals surface area contributed by atoms with E-state index in [1.54, 1.807) is 18.3 Å². The van der Waals surface area contributed by atoms with Crippen LogP contribution in [-0.4, -0.2) is 37.4 Å². The molecule has 0 atom stereocenters. The van der Waals surface area contributed by atoms with Crippen LogP contribution in [0.5, 0.6) is 0 Å². The van der Waals surface area contributed by atoms with Crippen LogP contribution in [0.4, 0.5) is 0 Å². The standard InChI is InChI=1S/C14H20BNO4/c1-13(2)9-19-15(20-14(13,3)4)10-6-7-11(16-8-10)12(17)18-5/h6-8H,9H2,1-5H3. The van der Waals surface area contributed by atoms with Crippen molar-refractivity contribution in [1.82, 2.24) is 4.98 Å². The van der Waals surface area contributed by atoms with Gasteiger partial charge in [-0.05, 0) is 19.9 Å². The minimum Gasteiger partial charge on any atom is -0.464 e. The summed E-state index contributed by atoms with van der Waals surface area (Å²) in [5.41, 5.74) is 0.688. The van der Waals surface area contributed by atoms with Crippen LogP contribution < -0.4 is 5.46 Å². The fourth-order valence-electron chi connectivity index (χ4n) is 1.85. The van der Waals surface area contributed by atoms with Gasteiger partial charge in [-0.25, -0.2) is 9.78 Å². The number of rotatable bonds is 2. The van der Waals surface area contributed by atoms with Crippen molar-refractivity contribution in [1.29, 1.82) is 0 Å². The maximum absolute atomic E-state index is 11.3. The van der Waals surface area contributed by atoms with E-state index < -0.39 is 13.1 Å². The Kier molecular flexibility index (Phi) is 3.89. The Labute approximate surface area is 119 Å². The van der Waals surface area contributed by atoms with Crippen molar-refractivity contribution in [3.63, 3.8) is 0 Å². The van der Waals surface area contributed by atoms with Crippen molar-refractivity contribution < 1.29 is 18.8 Å². The molecule has 0 aromatic carbocycles. The van der Waals surface area contributed by atoms with E-state index in [0.29, 0.717) is 6.61 Å². The molecule has 6 heteroatoms. The number of ether oxygens (including phenoxy) is 1. The van der Waals surface area contributed by atoms with E-state index in [9.17, 15) is 4.79 Å². The molecule has 0 aliphatic carbocycles. The minimum atomic E-state index is -0.461. The summed E-state index contributed by atoms with van der Waals surface area (Å²) in [4.78, 5) is 15.4. The third kappa shape index (κ3) is 2.71. The van der Waals surface area contributed by atoms with Crippen LogP contribution in [0.25, 0.3) is 0 Å². The lowest BCUT2D eigenvalue weighted by molar-refractivity contribution is -0.0937. The minimum absolute atomic E-state index is 0.0666. The summed E-state index contributed by atoms with van der Waals surface area (Å²) in [6, 6.07) is 3.39. The van der Waals surface area contributed by atoms with Crippen molar-refractivity contribution in [2.75, 3.05) is 13.7 Å². The largest absolute Gasteiger partial charge is 0.495 e. The van der Waals surface area contributed by atoms with E-state index in [2.05, 4.69) is 37.4 Å². The molecule has 1 fully saturated rings. The van der Waals surface area contributed by atoms with Crippen LogP contribution in [0, 0.1) is 5.41 Å². The van der Waals surface area contributed by atoms with Crippen LogP contribution in [0.1, 0.15) is 38.2 Å². The van der Waals surface area contributed by atoms with Gasteiger partial charge in [0.25, 0.3) is 0 Å². The highest BCUT2D eigenvalue weighted by molar-refractivity contribution is 6.61. The van der Waals surface area contributed by atoms with Crippen molar-refractivity contribution in [2.45, 2.75) is 33.3 Å². The Balaban J connectivity index is 2.15. The molecule has 0 N–H and O–H groups in total. The monoisotopic (exact) mass is 277 g/mol. The SMILES string of the molecule is COC(=O)c1ccc(B2OCC(C)(C)C(C)(C)O2)cn1. The van der Waals surface area contributed by atoms with E-state index in [1.165, 1.54) is 7.11 Å². The molecule has 1 saturated heterocycles. The first-order valence-corrected chi connectivity index (χ1v) is 6.60. The lowest BCUT2D eigenvalue weighted by Gasteiger charge is -2.47. The number of hydrogen-bond donors (Lipinski definition) is 0. The molecular formula is C14H20BNO4. The highest BCUT2D eigenvalue weighted by Crippen LogP contribution is 2.37. The lowest BCUT2D eigenvalue weighted by atomic mass is 9.69. The van der Waals surface area contributed by atoms with Gasteiger partial charge in [0.2, 0.25) is 0 Å². The highest BCUT2D eigenvalue weighted by Gasteiger charge is 2.46. The van der Waals surface area contributed by atoms with Crippen LogP contribution in [0.2, 0.25) is 0 Å². The Morgan fingerprint density at radius 1 is 1.35 bits per heavy atom. The summed E-state index contributed by atoms with van der Waals surface area (Å²) >= 11 is 0. The predicted molar refractivity (Wildman–Crippen MR) is 75.9 cm³/mol. The van der Waals surface area contributed by atoms with Crippen LogP contribution in [0.15, 0.2) is 18.3 Å². The second kappa shape index (κ2) is 5.18. The molecule has 1 aromatic rings. The normalized spacial score (nSPS) is 20.6. The second-order valence-corrected chi connectivity index (χ2v) is 6.12. The molecule has 0 unspecified atom stereocenters. The number of carbonyl (C=O) groups is 1. The van der Waals surface area contributed by atoms with Gasteiger partial charge in [-0.15, -0.1) is 0 Å². The Morgan fingerprint density at radius 3 is 2.55 bits per heavy atom. The molecule has 5 nitrogen and oxygen atoms in total. The van der Waals surface area contributed by atoms with Crippen molar-refractivity contribution in [3.05, 3.63) is 24.0 Å². The molecule has 2 heterocycles. The van der Waals surface area contributed by atoms with Gasteiger partial charge in [-0.1, -0.05) is 19.9 Å². The topological polar surface area (TPSA) is 57.7 Å². The van der Waals surface area contributed by atoms with E-state index in [1.807, 2.05) is 0 Å². The maximum Gasteiger partial charge on any atom is 0.495 e. The molecular weight excluding hydrogens is 257 g/mol. The van der Waals surface area contributed by atoms with Crippen LogP contribution in [-0.2, 0) is 14.0 Å². The number of methoxy groups -OCH3 is 1. The fourth-order valence-corrected chi connectivity index (χ4v) is 1.85. The zero-order valence-electron chi connectivity index (χ0n) is 12.6. The third-order valence-corrected chi connectivity index (χ3v) is 4.08. The number of aromatic nitrogens is 1. The molecule has 1 aliphatic rings. The summed E-state index contributed by atoms with van der Waals surface area (Å²) in [6.07, 6.45) is 1.59. The number of pyridine rings is 1. The van der Waals surface area contributed by atoms with Gasteiger partial charge in [0.15, 0.2) is 0 Å². The number of carbonyl (C=O) groups excluding carboxylic acids is 1. The average Bonchev–Trinajstić information content (AvgIpc) is 2.41. The molecule has 0 bridgehead atoms. The fraction of sp³-hybridized carbons (Fsp3) is 0.571. The van der Waals surface area contributed by atoms with Crippen molar-refractivity contribution >= 4 is 18.6 Å². The van der Waals surface area contributed by atoms with Gasteiger partial charge in [-0.3, -0.25) is 0 Å². The zero-order chi connectivity index (χ0) is 15.0. The number of esters is 1. The molecule has 0 saturated carbocycles. The Morgan fingerprint density at radius 2 is 2.05 bits per heavy atom. The summed E-state index contributed by atoms with van der Waals surface area (Å²) in [7, 11) is 0.868. The van der Waals surface area contributed by atoms with Crippen molar-refractivity contribution in [3.8, 4) is 0 Å². The van der Waals surface area contributed by atoms with Crippen LogP contribution >= 0.6 is 0 Å². The molecule has 1 aromatic heterocycles. The molecule has 20 heavy (non-hydrogen) atoms. The average molecular weight is 277 g/mol. The molecule has 0 amide bonds. The predicted octanol–water partition coefficient (Wildman–Crippen LogP) is 1.41. The quantitative estimate of drug-likeness (QED) is 0.604. The first-order chi connectivity index (χ1) is 9.27. The Hall–Kier alpha value is -1.40. The van der Waals surface area contributed by atoms with Gasteiger partial charge in [0, 0.05) is 23.7 Å². The summed E-state index contributed by atoms with van der Waals surface area (Å²) in [5, 5.41) is 0. The van der Waals surface area contributed by atoms with Gasteiger partial charge in [0.1, 0.15) is 5.69 Å². The van der Waals surface area contributed by atoms with E-state index in [-0.39, 0.29) is 16.7 Å². The molecule has 2 rings (SSSR count). The van der Waals surface area contributed by atoms with E-state index in [0.717, 1.165) is 5.46 Å². The third-order valence-electron chi connectivity index (χ3n) is 4.08. The number of hydrogen-bond acceptors (Lipinski definition) is 5. The molecule has 1 aliphatic heterocycles. The first kappa shape index (κ1) is 15.0. The van der Waals surface area contributed by atoms with Gasteiger partial charge in [0.05, 0.1) is 12.7 Å². The van der Waals surface area contributed by atoms with Crippen LogP contribution in [0.3, 0.4) is 0 Å². The maximum atomic E-state index is 11.3. The smallest absolute Gasteiger partial charge is 0.464 e. The van der Waals surface area contributed by atoms with E-state index >= 15 is 0 Å². The van der Waals surface area contributed by atoms with Gasteiger partial charge in [-0.2, -0.15) is 0 Å². The lowest BCUT2D eigenvalue weighted by Crippen LogP contribution is -2.58. The second-order valence-electron chi connectivity index (χ2n) is 6.12. The first-order valence-electron chi connectivity index (χ1n) is 6.60. The summed E-state index contributed by atoms with van der Waals surface area (Å²) in [5.74, 6) is -0.455. The number of nitrogens with zero attached hydrogens (tertiary/aromatic N) is 1. The molecule has 0 radical (unpaired) electrons. The summed E-state index contributed by atoms with van der Waals surface area (Å²) < 4.78 is 16.4. The molecule has 108 valence electrons. The zero-order valence-corrected chi connectivity index (χ0v) is 12.6. The Bertz CT molecular complexity index is 498. The molecule has 0 spiro atoms. The summed E-state index contributed by atoms with van der Waals surface area (Å²) in [6.45, 7) is 8.94.